The van der Waals surface area contributed by atoms with Gasteiger partial charge in [0.2, 0.25) is 5.91 Å². The lowest BCUT2D eigenvalue weighted by Gasteiger charge is -2.18. The Hall–Kier alpha value is -2.04. The monoisotopic (exact) mass is 235 g/mol. The topological polar surface area (TPSA) is 77.8 Å². The van der Waals surface area contributed by atoms with Gasteiger partial charge >= 0.3 is 5.97 Å². The second-order valence-corrected chi connectivity index (χ2v) is 4.21. The number of benzene rings is 1. The Bertz CT molecular complexity index is 483. The molecular weight excluding hydrogens is 222 g/mol. The Balaban J connectivity index is 2.32. The third-order valence-electron chi connectivity index (χ3n) is 2.96. The zero-order chi connectivity index (χ0) is 12.6. The molecule has 1 saturated heterocycles. The zero-order valence-corrected chi connectivity index (χ0v) is 9.38. The lowest BCUT2D eigenvalue weighted by molar-refractivity contribution is -0.141. The van der Waals surface area contributed by atoms with Gasteiger partial charge in [-0.25, -0.2) is 0 Å². The summed E-state index contributed by atoms with van der Waals surface area (Å²) in [5.41, 5.74) is 1.42. The maximum absolute atomic E-state index is 11.7. The van der Waals surface area contributed by atoms with E-state index >= 15 is 0 Å². The first kappa shape index (κ1) is 11.4. The Morgan fingerprint density at radius 3 is 2.76 bits per heavy atom. The number of anilines is 1. The van der Waals surface area contributed by atoms with Crippen LogP contribution >= 0.6 is 0 Å². The highest BCUT2D eigenvalue weighted by molar-refractivity contribution is 5.99. The van der Waals surface area contributed by atoms with Crippen LogP contribution in [0.2, 0.25) is 0 Å². The van der Waals surface area contributed by atoms with E-state index in [0.29, 0.717) is 5.69 Å². The van der Waals surface area contributed by atoms with Gasteiger partial charge < -0.3 is 15.1 Å². The molecule has 1 amide bonds. The number of amides is 1. The summed E-state index contributed by atoms with van der Waals surface area (Å²) in [6.07, 6.45) is 0.0183. The van der Waals surface area contributed by atoms with Crippen molar-refractivity contribution in [1.29, 1.82) is 0 Å². The van der Waals surface area contributed by atoms with E-state index < -0.39 is 11.9 Å². The number of hydrogen-bond acceptors (Lipinski definition) is 3. The van der Waals surface area contributed by atoms with Crippen molar-refractivity contribution >= 4 is 17.6 Å². The molecular formula is C12H13NO4. The number of nitrogens with zero attached hydrogens (tertiary/aromatic N) is 1. The molecule has 0 aromatic heterocycles. The van der Waals surface area contributed by atoms with Gasteiger partial charge in [0, 0.05) is 19.0 Å². The summed E-state index contributed by atoms with van der Waals surface area (Å²) in [6, 6.07) is 4.72. The standard InChI is InChI=1S/C12H13NO4/c1-7-2-3-9(14)5-10(7)13-6-8(12(16)17)4-11(13)15/h2-3,5,8,14H,4,6H2,1H3,(H,16,17). The van der Waals surface area contributed by atoms with E-state index in [2.05, 4.69) is 0 Å². The van der Waals surface area contributed by atoms with Crippen molar-refractivity contribution in [2.45, 2.75) is 13.3 Å². The lowest BCUT2D eigenvalue weighted by atomic mass is 10.1. The molecule has 5 nitrogen and oxygen atoms in total. The van der Waals surface area contributed by atoms with Gasteiger partial charge in [-0.15, -0.1) is 0 Å². The summed E-state index contributed by atoms with van der Waals surface area (Å²) in [7, 11) is 0. The number of aliphatic carboxylic acids is 1. The maximum atomic E-state index is 11.7. The molecule has 1 unspecified atom stereocenters. The second kappa shape index (κ2) is 4.08. The summed E-state index contributed by atoms with van der Waals surface area (Å²) in [5, 5.41) is 18.3. The average molecular weight is 235 g/mol. The minimum Gasteiger partial charge on any atom is -0.508 e. The van der Waals surface area contributed by atoms with Crippen molar-refractivity contribution in [2.24, 2.45) is 5.92 Å². The highest BCUT2D eigenvalue weighted by Crippen LogP contribution is 2.30. The molecule has 90 valence electrons. The quantitative estimate of drug-likeness (QED) is 0.805. The second-order valence-electron chi connectivity index (χ2n) is 4.21. The fourth-order valence-corrected chi connectivity index (χ4v) is 1.99. The highest BCUT2D eigenvalue weighted by Gasteiger charge is 2.35. The summed E-state index contributed by atoms with van der Waals surface area (Å²) < 4.78 is 0. The molecule has 0 saturated carbocycles. The summed E-state index contributed by atoms with van der Waals surface area (Å²) >= 11 is 0. The number of rotatable bonds is 2. The molecule has 1 aromatic rings. The number of phenolic OH excluding ortho intramolecular Hbond substituents is 1. The van der Waals surface area contributed by atoms with E-state index in [0.717, 1.165) is 5.56 Å². The predicted octanol–water partition coefficient (Wildman–Crippen LogP) is 1.14. The molecule has 1 aliphatic rings. The van der Waals surface area contributed by atoms with Crippen LogP contribution in [0.1, 0.15) is 12.0 Å². The lowest BCUT2D eigenvalue weighted by Crippen LogP contribution is -2.26. The zero-order valence-electron chi connectivity index (χ0n) is 9.38. The van der Waals surface area contributed by atoms with Gasteiger partial charge in [-0.2, -0.15) is 0 Å². The molecule has 0 radical (unpaired) electrons. The number of hydrogen-bond donors (Lipinski definition) is 2. The van der Waals surface area contributed by atoms with Crippen LogP contribution in [0.3, 0.4) is 0 Å². The van der Waals surface area contributed by atoms with Crippen LogP contribution < -0.4 is 4.90 Å². The number of aromatic hydroxyl groups is 1. The first-order valence-electron chi connectivity index (χ1n) is 5.32. The first-order chi connectivity index (χ1) is 7.99. The fourth-order valence-electron chi connectivity index (χ4n) is 1.99. The Kier molecular flexibility index (Phi) is 2.75. The van der Waals surface area contributed by atoms with Crippen LogP contribution in [0.25, 0.3) is 0 Å². The SMILES string of the molecule is Cc1ccc(O)cc1N1CC(C(=O)O)CC1=O. The number of aryl methyl sites for hydroxylation is 1. The predicted molar refractivity (Wildman–Crippen MR) is 60.9 cm³/mol. The van der Waals surface area contributed by atoms with Gasteiger partial charge in [0.1, 0.15) is 5.75 Å². The smallest absolute Gasteiger partial charge is 0.308 e. The van der Waals surface area contributed by atoms with Gasteiger partial charge in [0.25, 0.3) is 0 Å². The van der Waals surface area contributed by atoms with E-state index in [1.54, 1.807) is 6.07 Å². The van der Waals surface area contributed by atoms with Gasteiger partial charge in [0.05, 0.1) is 11.6 Å². The van der Waals surface area contributed by atoms with Crippen molar-refractivity contribution in [3.05, 3.63) is 23.8 Å². The van der Waals surface area contributed by atoms with Crippen LogP contribution in [0, 0.1) is 12.8 Å². The molecule has 5 heteroatoms. The molecule has 0 aliphatic carbocycles. The number of carbonyl (C=O) groups is 2. The molecule has 1 aromatic carbocycles. The highest BCUT2D eigenvalue weighted by atomic mass is 16.4. The molecule has 2 rings (SSSR count). The molecule has 1 aliphatic heterocycles. The van der Waals surface area contributed by atoms with Gasteiger partial charge in [-0.3, -0.25) is 9.59 Å². The summed E-state index contributed by atoms with van der Waals surface area (Å²) in [4.78, 5) is 24.0. The minimum atomic E-state index is -0.960. The van der Waals surface area contributed by atoms with E-state index in [1.807, 2.05) is 6.92 Å². The third kappa shape index (κ3) is 2.08. The number of carboxylic acids is 1. The van der Waals surface area contributed by atoms with Gasteiger partial charge in [-0.05, 0) is 18.6 Å². The first-order valence-corrected chi connectivity index (χ1v) is 5.32. The molecule has 0 bridgehead atoms. The summed E-state index contributed by atoms with van der Waals surface area (Å²) in [6.45, 7) is 1.98. The van der Waals surface area contributed by atoms with E-state index in [-0.39, 0.29) is 24.6 Å². The van der Waals surface area contributed by atoms with Crippen LogP contribution in [-0.2, 0) is 9.59 Å². The minimum absolute atomic E-state index is 0.0183. The Morgan fingerprint density at radius 2 is 2.18 bits per heavy atom. The third-order valence-corrected chi connectivity index (χ3v) is 2.96. The van der Waals surface area contributed by atoms with Crippen molar-refractivity contribution in [2.75, 3.05) is 11.4 Å². The van der Waals surface area contributed by atoms with E-state index in [1.165, 1.54) is 17.0 Å². The molecule has 1 heterocycles. The van der Waals surface area contributed by atoms with E-state index in [9.17, 15) is 14.7 Å². The van der Waals surface area contributed by atoms with E-state index in [4.69, 9.17) is 5.11 Å². The molecule has 1 atom stereocenters. The van der Waals surface area contributed by atoms with Crippen molar-refractivity contribution in [3.8, 4) is 5.75 Å². The fraction of sp³-hybridized carbons (Fsp3) is 0.333. The van der Waals surface area contributed by atoms with Gasteiger partial charge in [0.15, 0.2) is 0 Å². The maximum Gasteiger partial charge on any atom is 0.308 e. The van der Waals surface area contributed by atoms with Crippen molar-refractivity contribution in [3.63, 3.8) is 0 Å². The largest absolute Gasteiger partial charge is 0.508 e. The van der Waals surface area contributed by atoms with Crippen LogP contribution in [0.4, 0.5) is 5.69 Å². The summed E-state index contributed by atoms with van der Waals surface area (Å²) in [5.74, 6) is -1.77. The van der Waals surface area contributed by atoms with Gasteiger partial charge in [-0.1, -0.05) is 6.07 Å². The average Bonchev–Trinajstić information content (AvgIpc) is 2.64. The van der Waals surface area contributed by atoms with Crippen LogP contribution in [-0.4, -0.2) is 28.6 Å². The number of carboxylic acid groups (broad SMARTS) is 1. The molecule has 1 fully saturated rings. The van der Waals surface area contributed by atoms with Crippen LogP contribution in [0.5, 0.6) is 5.75 Å². The Morgan fingerprint density at radius 1 is 1.47 bits per heavy atom. The van der Waals surface area contributed by atoms with Crippen molar-refractivity contribution < 1.29 is 19.8 Å². The molecule has 0 spiro atoms. The molecule has 17 heavy (non-hydrogen) atoms. The number of phenols is 1. The van der Waals surface area contributed by atoms with Crippen LogP contribution in [0.15, 0.2) is 18.2 Å². The molecule has 2 N–H and O–H groups in total. The normalized spacial score (nSPS) is 19.7. The van der Waals surface area contributed by atoms with Crippen molar-refractivity contribution in [1.82, 2.24) is 0 Å². The number of carbonyl (C=O) groups excluding carboxylic acids is 1. The Labute approximate surface area is 98.3 Å².